The molecule has 0 aliphatic heterocycles. The SMILES string of the molecule is O=C(CN(Cc1ccccc1)S(=O)(=O)c1cc(Cl)ccc1Cl)NCCNc1ccnc2cc(Cl)ccc12. The van der Waals surface area contributed by atoms with Gasteiger partial charge in [0.15, 0.2) is 0 Å². The minimum Gasteiger partial charge on any atom is -0.383 e. The number of rotatable bonds is 10. The normalized spacial score (nSPS) is 11.6. The minimum atomic E-state index is -4.13. The number of nitrogens with one attached hydrogen (secondary N) is 2. The molecule has 0 atom stereocenters. The van der Waals surface area contributed by atoms with Crippen molar-refractivity contribution >= 4 is 67.3 Å². The van der Waals surface area contributed by atoms with E-state index in [2.05, 4.69) is 15.6 Å². The van der Waals surface area contributed by atoms with E-state index >= 15 is 0 Å². The van der Waals surface area contributed by atoms with Crippen LogP contribution in [0.3, 0.4) is 0 Å². The van der Waals surface area contributed by atoms with Crippen LogP contribution in [0.25, 0.3) is 10.9 Å². The quantitative estimate of drug-likeness (QED) is 0.239. The summed E-state index contributed by atoms with van der Waals surface area (Å²) in [5.41, 5.74) is 2.33. The van der Waals surface area contributed by atoms with Crippen LogP contribution in [0.4, 0.5) is 5.69 Å². The number of anilines is 1. The number of fused-ring (bicyclic) bond motifs is 1. The Morgan fingerprint density at radius 2 is 1.62 bits per heavy atom. The van der Waals surface area contributed by atoms with Gasteiger partial charge in [-0.05, 0) is 48.0 Å². The van der Waals surface area contributed by atoms with Crippen molar-refractivity contribution < 1.29 is 13.2 Å². The number of aromatic nitrogens is 1. The van der Waals surface area contributed by atoms with Crippen LogP contribution in [0.15, 0.2) is 83.9 Å². The van der Waals surface area contributed by atoms with Gasteiger partial charge < -0.3 is 10.6 Å². The number of nitrogens with zero attached hydrogens (tertiary/aromatic N) is 2. The fraction of sp³-hybridized carbons (Fsp3) is 0.154. The van der Waals surface area contributed by atoms with E-state index in [1.807, 2.05) is 18.2 Å². The highest BCUT2D eigenvalue weighted by Gasteiger charge is 2.29. The second-order valence-corrected chi connectivity index (χ2v) is 11.3. The van der Waals surface area contributed by atoms with Gasteiger partial charge in [-0.15, -0.1) is 0 Å². The van der Waals surface area contributed by atoms with Gasteiger partial charge in [0.1, 0.15) is 4.90 Å². The number of hydrogen-bond donors (Lipinski definition) is 2. The number of carbonyl (C=O) groups excluding carboxylic acids is 1. The molecule has 0 fully saturated rings. The van der Waals surface area contributed by atoms with Gasteiger partial charge in [-0.1, -0.05) is 65.1 Å². The Labute approximate surface area is 230 Å². The summed E-state index contributed by atoms with van der Waals surface area (Å²) in [6.07, 6.45) is 1.67. The lowest BCUT2D eigenvalue weighted by atomic mass is 10.2. The molecule has 4 aromatic rings. The van der Waals surface area contributed by atoms with E-state index in [1.165, 1.54) is 18.2 Å². The van der Waals surface area contributed by atoms with Gasteiger partial charge in [0.2, 0.25) is 15.9 Å². The number of halogens is 3. The van der Waals surface area contributed by atoms with Crippen molar-refractivity contribution in [2.45, 2.75) is 11.4 Å². The summed E-state index contributed by atoms with van der Waals surface area (Å²) in [4.78, 5) is 17.0. The summed E-state index contributed by atoms with van der Waals surface area (Å²) in [7, 11) is -4.13. The third kappa shape index (κ3) is 6.91. The maximum absolute atomic E-state index is 13.5. The van der Waals surface area contributed by atoms with Gasteiger partial charge in [-0.3, -0.25) is 9.78 Å². The van der Waals surface area contributed by atoms with Crippen molar-refractivity contribution in [2.75, 3.05) is 25.0 Å². The number of benzene rings is 3. The van der Waals surface area contributed by atoms with Crippen LogP contribution in [0.1, 0.15) is 5.56 Å². The van der Waals surface area contributed by atoms with Gasteiger partial charge >= 0.3 is 0 Å². The minimum absolute atomic E-state index is 0.0107. The summed E-state index contributed by atoms with van der Waals surface area (Å²) in [5, 5.41) is 7.78. The average molecular weight is 578 g/mol. The molecule has 0 unspecified atom stereocenters. The molecule has 0 bridgehead atoms. The third-order valence-electron chi connectivity index (χ3n) is 5.50. The van der Waals surface area contributed by atoms with Gasteiger partial charge in [-0.2, -0.15) is 4.31 Å². The number of hydrogen-bond acceptors (Lipinski definition) is 5. The Bertz CT molecular complexity index is 1520. The zero-order chi connectivity index (χ0) is 26.4. The molecule has 4 rings (SSSR count). The highest BCUT2D eigenvalue weighted by Crippen LogP contribution is 2.29. The predicted octanol–water partition coefficient (Wildman–Crippen LogP) is 5.61. The molecule has 0 spiro atoms. The lowest BCUT2D eigenvalue weighted by Gasteiger charge is -2.23. The second-order valence-electron chi connectivity index (χ2n) is 8.13. The molecule has 1 aromatic heterocycles. The van der Waals surface area contributed by atoms with Crippen LogP contribution in [-0.2, 0) is 21.4 Å². The van der Waals surface area contributed by atoms with Crippen LogP contribution in [0.5, 0.6) is 0 Å². The summed E-state index contributed by atoms with van der Waals surface area (Å²) >= 11 is 18.3. The van der Waals surface area contributed by atoms with E-state index in [1.54, 1.807) is 42.6 Å². The first-order valence-electron chi connectivity index (χ1n) is 11.3. The van der Waals surface area contributed by atoms with Crippen LogP contribution in [0, 0.1) is 0 Å². The zero-order valence-corrected chi connectivity index (χ0v) is 22.6. The number of sulfonamides is 1. The molecule has 37 heavy (non-hydrogen) atoms. The predicted molar refractivity (Wildman–Crippen MR) is 149 cm³/mol. The number of amides is 1. The van der Waals surface area contributed by atoms with Gasteiger partial charge in [0.05, 0.1) is 17.1 Å². The fourth-order valence-electron chi connectivity index (χ4n) is 3.72. The molecule has 11 heteroatoms. The van der Waals surface area contributed by atoms with Crippen molar-refractivity contribution in [1.29, 1.82) is 0 Å². The maximum Gasteiger partial charge on any atom is 0.245 e. The molecule has 2 N–H and O–H groups in total. The van der Waals surface area contributed by atoms with Crippen LogP contribution >= 0.6 is 34.8 Å². The highest BCUT2D eigenvalue weighted by atomic mass is 35.5. The first-order chi connectivity index (χ1) is 17.7. The average Bonchev–Trinajstić information content (AvgIpc) is 2.88. The Balaban J connectivity index is 1.43. The smallest absolute Gasteiger partial charge is 0.245 e. The number of pyridine rings is 1. The molecule has 192 valence electrons. The van der Waals surface area contributed by atoms with Gasteiger partial charge in [-0.25, -0.2) is 8.42 Å². The van der Waals surface area contributed by atoms with E-state index in [0.29, 0.717) is 11.6 Å². The molecule has 3 aromatic carbocycles. The van der Waals surface area contributed by atoms with Crippen molar-refractivity contribution in [1.82, 2.24) is 14.6 Å². The standard InChI is InChI=1S/C26H23Cl3N4O3S/c27-19-6-8-21-23(10-11-30-24(21)14-19)31-12-13-32-26(34)17-33(16-18-4-2-1-3-5-18)37(35,36)25-15-20(28)7-9-22(25)29/h1-11,14-15H,12-13,16-17H2,(H,30,31)(H,32,34). The van der Waals surface area contributed by atoms with Gasteiger partial charge in [0, 0.05) is 46.9 Å². The first-order valence-corrected chi connectivity index (χ1v) is 13.9. The fourth-order valence-corrected chi connectivity index (χ4v) is 6.01. The highest BCUT2D eigenvalue weighted by molar-refractivity contribution is 7.89. The molecular formula is C26H23Cl3N4O3S. The molecule has 0 aliphatic rings. The van der Waals surface area contributed by atoms with E-state index in [9.17, 15) is 13.2 Å². The molecule has 0 saturated carbocycles. The number of carbonyl (C=O) groups is 1. The Hall–Kier alpha value is -2.88. The summed E-state index contributed by atoms with van der Waals surface area (Å²) in [6, 6.07) is 20.5. The zero-order valence-electron chi connectivity index (χ0n) is 19.5. The molecule has 0 aliphatic carbocycles. The molecule has 1 heterocycles. The van der Waals surface area contributed by atoms with E-state index in [4.69, 9.17) is 34.8 Å². The monoisotopic (exact) mass is 576 g/mol. The first kappa shape index (κ1) is 27.2. The van der Waals surface area contributed by atoms with Crippen molar-refractivity contribution in [3.63, 3.8) is 0 Å². The summed E-state index contributed by atoms with van der Waals surface area (Å²) in [5.74, 6) is -0.453. The van der Waals surface area contributed by atoms with Crippen LogP contribution in [0.2, 0.25) is 15.1 Å². The van der Waals surface area contributed by atoms with E-state index in [-0.39, 0.29) is 28.0 Å². The third-order valence-corrected chi connectivity index (χ3v) is 8.24. The summed E-state index contributed by atoms with van der Waals surface area (Å²) < 4.78 is 28.1. The Kier molecular flexibility index (Phi) is 8.89. The van der Waals surface area contributed by atoms with Crippen molar-refractivity contribution in [3.05, 3.63) is 99.6 Å². The summed E-state index contributed by atoms with van der Waals surface area (Å²) in [6.45, 7) is 0.284. The van der Waals surface area contributed by atoms with Crippen LogP contribution in [-0.4, -0.2) is 43.2 Å². The molecular weight excluding hydrogens is 555 g/mol. The van der Waals surface area contributed by atoms with Crippen LogP contribution < -0.4 is 10.6 Å². The molecule has 0 saturated heterocycles. The Morgan fingerprint density at radius 1 is 0.892 bits per heavy atom. The lowest BCUT2D eigenvalue weighted by Crippen LogP contribution is -2.41. The molecule has 0 radical (unpaired) electrons. The van der Waals surface area contributed by atoms with E-state index in [0.717, 1.165) is 26.5 Å². The molecule has 7 nitrogen and oxygen atoms in total. The maximum atomic E-state index is 13.5. The van der Waals surface area contributed by atoms with Gasteiger partial charge in [0.25, 0.3) is 0 Å². The lowest BCUT2D eigenvalue weighted by molar-refractivity contribution is -0.121. The van der Waals surface area contributed by atoms with Crippen molar-refractivity contribution in [3.8, 4) is 0 Å². The molecule has 1 amide bonds. The largest absolute Gasteiger partial charge is 0.383 e. The van der Waals surface area contributed by atoms with Crippen molar-refractivity contribution in [2.24, 2.45) is 0 Å². The topological polar surface area (TPSA) is 91.4 Å². The Morgan fingerprint density at radius 3 is 2.41 bits per heavy atom. The second kappa shape index (κ2) is 12.1. The van der Waals surface area contributed by atoms with E-state index < -0.39 is 22.5 Å².